The molecule has 1 aromatic carbocycles. The van der Waals surface area contributed by atoms with Crippen LogP contribution in [0.25, 0.3) is 0 Å². The largest absolute Gasteiger partial charge is 0.504 e. The number of hydrogen-bond acceptors (Lipinski definition) is 4. The van der Waals surface area contributed by atoms with Gasteiger partial charge in [-0.3, -0.25) is 0 Å². The van der Waals surface area contributed by atoms with Crippen LogP contribution in [0, 0.1) is 0 Å². The Kier molecular flexibility index (Phi) is 3.41. The van der Waals surface area contributed by atoms with Gasteiger partial charge in [-0.2, -0.15) is 0 Å². The molecule has 1 aliphatic rings. The second-order valence-electron chi connectivity index (χ2n) is 3.49. The molecule has 4 nitrogen and oxygen atoms in total. The first-order valence-electron chi connectivity index (χ1n) is 4.96. The molecule has 0 aromatic heterocycles. The minimum absolute atomic E-state index is 0.0156. The first-order valence-corrected chi connectivity index (χ1v) is 5.50. The fourth-order valence-electron chi connectivity index (χ4n) is 1.44. The van der Waals surface area contributed by atoms with Gasteiger partial charge in [-0.15, -0.1) is 11.6 Å². The third-order valence-electron chi connectivity index (χ3n) is 2.41. The highest BCUT2D eigenvalue weighted by atomic mass is 35.5. The van der Waals surface area contributed by atoms with Gasteiger partial charge in [-0.25, -0.2) is 0 Å². The summed E-state index contributed by atoms with van der Waals surface area (Å²) < 4.78 is 15.8. The number of para-hydroxylation sites is 1. The number of aromatic hydroxyl groups is 1. The average Bonchev–Trinajstić information content (AvgIpc) is 3.05. The summed E-state index contributed by atoms with van der Waals surface area (Å²) in [4.78, 5) is 0. The highest BCUT2D eigenvalue weighted by Gasteiger charge is 2.38. The second kappa shape index (κ2) is 4.80. The lowest BCUT2D eigenvalue weighted by atomic mass is 10.3. The van der Waals surface area contributed by atoms with Crippen molar-refractivity contribution in [1.82, 2.24) is 0 Å². The summed E-state index contributed by atoms with van der Waals surface area (Å²) in [5.74, 6) is 1.37. The van der Waals surface area contributed by atoms with Crippen LogP contribution in [0.2, 0.25) is 0 Å². The van der Waals surface area contributed by atoms with Crippen LogP contribution in [0.5, 0.6) is 17.2 Å². The Bertz CT molecular complexity index is 369. The number of phenolic OH excluding ortho intramolecular Hbond substituents is 1. The molecule has 1 saturated heterocycles. The second-order valence-corrected chi connectivity index (χ2v) is 3.80. The minimum Gasteiger partial charge on any atom is -0.504 e. The van der Waals surface area contributed by atoms with Gasteiger partial charge in [0.05, 0.1) is 13.0 Å². The van der Waals surface area contributed by atoms with Crippen LogP contribution in [0.3, 0.4) is 0 Å². The van der Waals surface area contributed by atoms with E-state index in [0.29, 0.717) is 24.0 Å². The average molecular weight is 245 g/mol. The van der Waals surface area contributed by atoms with Crippen molar-refractivity contribution < 1.29 is 19.3 Å². The molecule has 1 heterocycles. The Labute approximate surface area is 98.7 Å². The number of ether oxygens (including phenoxy) is 3. The standard InChI is InChI=1S/C11H13ClO4/c1-14-8-4-2-3-7(13)11(8)15-6-10-9(5-12)16-10/h2-4,9-10,13H,5-6H2,1H3. The van der Waals surface area contributed by atoms with Gasteiger partial charge in [0.15, 0.2) is 11.5 Å². The fraction of sp³-hybridized carbons (Fsp3) is 0.455. The van der Waals surface area contributed by atoms with Crippen molar-refractivity contribution in [2.75, 3.05) is 19.6 Å². The van der Waals surface area contributed by atoms with Crippen molar-refractivity contribution in [2.24, 2.45) is 0 Å². The van der Waals surface area contributed by atoms with Crippen LogP contribution in [0.1, 0.15) is 0 Å². The molecule has 0 spiro atoms. The van der Waals surface area contributed by atoms with E-state index in [2.05, 4.69) is 0 Å². The van der Waals surface area contributed by atoms with Crippen molar-refractivity contribution in [1.29, 1.82) is 0 Å². The van der Waals surface area contributed by atoms with Crippen molar-refractivity contribution in [3.05, 3.63) is 18.2 Å². The molecule has 1 fully saturated rings. The molecule has 1 aromatic rings. The molecule has 1 N–H and O–H groups in total. The van der Waals surface area contributed by atoms with Crippen LogP contribution >= 0.6 is 11.6 Å². The smallest absolute Gasteiger partial charge is 0.203 e. The molecule has 2 atom stereocenters. The lowest BCUT2D eigenvalue weighted by molar-refractivity contribution is 0.241. The third kappa shape index (κ3) is 2.33. The van der Waals surface area contributed by atoms with E-state index in [1.165, 1.54) is 7.11 Å². The van der Waals surface area contributed by atoms with Crippen molar-refractivity contribution >= 4 is 11.6 Å². The summed E-state index contributed by atoms with van der Waals surface area (Å²) in [6.45, 7) is 0.366. The zero-order valence-corrected chi connectivity index (χ0v) is 9.61. The number of alkyl halides is 1. The summed E-state index contributed by atoms with van der Waals surface area (Å²) in [7, 11) is 1.52. The summed E-state index contributed by atoms with van der Waals surface area (Å²) >= 11 is 5.61. The number of halogens is 1. The molecule has 0 aliphatic carbocycles. The van der Waals surface area contributed by atoms with E-state index in [4.69, 9.17) is 25.8 Å². The molecule has 0 radical (unpaired) electrons. The SMILES string of the molecule is COc1cccc(O)c1OCC1OC1CCl. The molecule has 0 amide bonds. The monoisotopic (exact) mass is 244 g/mol. The predicted molar refractivity (Wildman–Crippen MR) is 59.5 cm³/mol. The Morgan fingerprint density at radius 2 is 2.25 bits per heavy atom. The highest BCUT2D eigenvalue weighted by Crippen LogP contribution is 2.37. The van der Waals surface area contributed by atoms with Crippen molar-refractivity contribution in [3.8, 4) is 17.2 Å². The minimum atomic E-state index is 0.0156. The predicted octanol–water partition coefficient (Wildman–Crippen LogP) is 1.79. The Balaban J connectivity index is 1.98. The maximum Gasteiger partial charge on any atom is 0.203 e. The van der Waals surface area contributed by atoms with Crippen LogP contribution in [0.4, 0.5) is 0 Å². The van der Waals surface area contributed by atoms with Crippen molar-refractivity contribution in [3.63, 3.8) is 0 Å². The van der Waals surface area contributed by atoms with E-state index in [1.807, 2.05) is 0 Å². The van der Waals surface area contributed by atoms with E-state index in [1.54, 1.807) is 18.2 Å². The first-order chi connectivity index (χ1) is 7.76. The van der Waals surface area contributed by atoms with E-state index in [-0.39, 0.29) is 18.0 Å². The molecule has 2 rings (SSSR count). The maximum absolute atomic E-state index is 9.61. The molecule has 0 saturated carbocycles. The Morgan fingerprint density at radius 3 is 2.88 bits per heavy atom. The topological polar surface area (TPSA) is 51.2 Å². The van der Waals surface area contributed by atoms with Crippen LogP contribution in [-0.2, 0) is 4.74 Å². The summed E-state index contributed by atoms with van der Waals surface area (Å²) in [5, 5.41) is 9.61. The highest BCUT2D eigenvalue weighted by molar-refractivity contribution is 6.18. The van der Waals surface area contributed by atoms with Gasteiger partial charge in [0.1, 0.15) is 18.8 Å². The normalized spacial score (nSPS) is 22.9. The number of phenols is 1. The van der Waals surface area contributed by atoms with Gasteiger partial charge in [-0.05, 0) is 12.1 Å². The lowest BCUT2D eigenvalue weighted by Gasteiger charge is -2.10. The zero-order chi connectivity index (χ0) is 11.5. The molecule has 5 heteroatoms. The van der Waals surface area contributed by atoms with E-state index in [0.717, 1.165) is 0 Å². The lowest BCUT2D eigenvalue weighted by Crippen LogP contribution is -2.09. The summed E-state index contributed by atoms with van der Waals surface area (Å²) in [6.07, 6.45) is 0.0836. The van der Waals surface area contributed by atoms with Crippen LogP contribution in [0.15, 0.2) is 18.2 Å². The van der Waals surface area contributed by atoms with Crippen LogP contribution < -0.4 is 9.47 Å². The van der Waals surface area contributed by atoms with E-state index < -0.39 is 0 Å². The fourth-order valence-corrected chi connectivity index (χ4v) is 1.71. The molecular formula is C11H13ClO4. The maximum atomic E-state index is 9.61. The number of benzene rings is 1. The van der Waals surface area contributed by atoms with Crippen molar-refractivity contribution in [2.45, 2.75) is 12.2 Å². The third-order valence-corrected chi connectivity index (χ3v) is 2.71. The number of methoxy groups -OCH3 is 1. The Morgan fingerprint density at radius 1 is 1.44 bits per heavy atom. The molecule has 2 unspecified atom stereocenters. The van der Waals surface area contributed by atoms with Gasteiger partial charge >= 0.3 is 0 Å². The quantitative estimate of drug-likeness (QED) is 0.634. The summed E-state index contributed by atoms with van der Waals surface area (Å²) in [6, 6.07) is 4.96. The molecule has 0 bridgehead atoms. The number of hydrogen-bond donors (Lipinski definition) is 1. The number of rotatable bonds is 5. The van der Waals surface area contributed by atoms with E-state index >= 15 is 0 Å². The number of epoxide rings is 1. The molecular weight excluding hydrogens is 232 g/mol. The molecule has 88 valence electrons. The van der Waals surface area contributed by atoms with E-state index in [9.17, 15) is 5.11 Å². The first kappa shape index (κ1) is 11.4. The molecule has 1 aliphatic heterocycles. The van der Waals surface area contributed by atoms with Gasteiger partial charge < -0.3 is 19.3 Å². The molecule has 16 heavy (non-hydrogen) atoms. The van der Waals surface area contributed by atoms with Gasteiger partial charge in [0.2, 0.25) is 5.75 Å². The summed E-state index contributed by atoms with van der Waals surface area (Å²) in [5.41, 5.74) is 0. The zero-order valence-electron chi connectivity index (χ0n) is 8.85. The Hall–Kier alpha value is -1.13. The van der Waals surface area contributed by atoms with Gasteiger partial charge in [0.25, 0.3) is 0 Å². The van der Waals surface area contributed by atoms with Gasteiger partial charge in [0, 0.05) is 0 Å². The van der Waals surface area contributed by atoms with Crippen LogP contribution in [-0.4, -0.2) is 36.9 Å². The van der Waals surface area contributed by atoms with Gasteiger partial charge in [-0.1, -0.05) is 6.07 Å².